The van der Waals surface area contributed by atoms with Crippen LogP contribution in [-0.2, 0) is 51.1 Å². The van der Waals surface area contributed by atoms with Gasteiger partial charge in [0.05, 0.1) is 0 Å². The molecule has 0 bridgehead atoms. The highest BCUT2D eigenvalue weighted by Crippen LogP contribution is 2.22. The van der Waals surface area contributed by atoms with Gasteiger partial charge in [-0.15, -0.1) is 0 Å². The van der Waals surface area contributed by atoms with Crippen LogP contribution in [0.5, 0.6) is 0 Å². The molecule has 11 N–H and O–H groups in total. The molecule has 1 fully saturated rings. The molecule has 1 saturated heterocycles. The molecule has 2 heterocycles. The average molecular weight is 921 g/mol. The third-order valence-corrected chi connectivity index (χ3v) is 11.3. The summed E-state index contributed by atoms with van der Waals surface area (Å²) in [4.78, 5) is 112. The number of primary amides is 1. The van der Waals surface area contributed by atoms with E-state index in [0.717, 1.165) is 10.9 Å². The van der Waals surface area contributed by atoms with Crippen LogP contribution in [0.15, 0.2) is 60.8 Å². The number of amides is 8. The Balaban J connectivity index is 1.61. The van der Waals surface area contributed by atoms with Crippen molar-refractivity contribution in [3.05, 3.63) is 71.9 Å². The second-order valence-electron chi connectivity index (χ2n) is 17.5. The van der Waals surface area contributed by atoms with Gasteiger partial charge in [-0.3, -0.25) is 39.0 Å². The molecule has 20 heteroatoms. The van der Waals surface area contributed by atoms with E-state index in [4.69, 9.17) is 16.3 Å². The molecule has 0 saturated carbocycles. The van der Waals surface area contributed by atoms with Crippen molar-refractivity contribution in [1.29, 1.82) is 0 Å². The number of hydrazine groups is 1. The minimum Gasteiger partial charge on any atom is -0.444 e. The standard InChI is InChI=1S/C45H64N10O9S/c1-26(2)22-36(42(61)49-32(19-21-65-6)41(60)54-47)55-20-18-33(43(55)62)50-39(58)34(23-27-12-8-7-9-13-27)51-40(59)35(24-28-25-48-30-15-11-10-14-29(28)30)52-38(57)31(16-17-37(46)56)53-44(63)64-45(3,4)5/h7-15,25-26,31-36,48H,16-24,47H2,1-6H3,(H2,46,56)(H,49,61)(H,50,58)(H,51,59)(H,52,57)(H,53,63)(H,54,60)/t31-,32-,33+,34-,35-,36+/m0/s1. The normalized spacial score (nSPS) is 16.2. The van der Waals surface area contributed by atoms with Crippen molar-refractivity contribution in [3.63, 3.8) is 0 Å². The van der Waals surface area contributed by atoms with Crippen LogP contribution < -0.4 is 43.6 Å². The molecule has 19 nitrogen and oxygen atoms in total. The summed E-state index contributed by atoms with van der Waals surface area (Å²) < 4.78 is 5.36. The maximum Gasteiger partial charge on any atom is 0.408 e. The van der Waals surface area contributed by atoms with Gasteiger partial charge in [0.25, 0.3) is 5.91 Å². The fourth-order valence-electron chi connectivity index (χ4n) is 7.45. The molecular formula is C45H64N10O9S. The highest BCUT2D eigenvalue weighted by Gasteiger charge is 2.42. The summed E-state index contributed by atoms with van der Waals surface area (Å²) >= 11 is 1.50. The van der Waals surface area contributed by atoms with Gasteiger partial charge in [-0.1, -0.05) is 62.4 Å². The van der Waals surface area contributed by atoms with Crippen LogP contribution in [0.4, 0.5) is 4.79 Å². The van der Waals surface area contributed by atoms with Crippen LogP contribution in [0, 0.1) is 5.92 Å². The lowest BCUT2D eigenvalue weighted by atomic mass is 10.0. The number of hydrogen-bond donors (Lipinski definition) is 9. The van der Waals surface area contributed by atoms with E-state index in [2.05, 4.69) is 37.0 Å². The Morgan fingerprint density at radius 3 is 2.06 bits per heavy atom. The Bertz CT molecular complexity index is 2140. The minimum absolute atomic E-state index is 0.00273. The van der Waals surface area contributed by atoms with Crippen LogP contribution in [-0.4, -0.2) is 118 Å². The molecule has 6 atom stereocenters. The topological polar surface area (TPSA) is 289 Å². The van der Waals surface area contributed by atoms with Crippen LogP contribution >= 0.6 is 11.8 Å². The molecule has 1 aliphatic heterocycles. The van der Waals surface area contributed by atoms with Crippen molar-refractivity contribution in [1.82, 2.24) is 41.9 Å². The summed E-state index contributed by atoms with van der Waals surface area (Å²) in [6, 6.07) is 9.42. The number of thioether (sulfide) groups is 1. The molecule has 65 heavy (non-hydrogen) atoms. The molecule has 2 aromatic carbocycles. The monoisotopic (exact) mass is 920 g/mol. The quantitative estimate of drug-likeness (QED) is 0.0373. The van der Waals surface area contributed by atoms with Crippen molar-refractivity contribution < 1.29 is 43.1 Å². The number of carbonyl (C=O) groups excluding carboxylic acids is 8. The van der Waals surface area contributed by atoms with E-state index in [9.17, 15) is 38.4 Å². The van der Waals surface area contributed by atoms with Crippen molar-refractivity contribution in [2.45, 2.75) is 121 Å². The first-order valence-corrected chi connectivity index (χ1v) is 23.1. The van der Waals surface area contributed by atoms with Gasteiger partial charge in [0.2, 0.25) is 35.4 Å². The van der Waals surface area contributed by atoms with Gasteiger partial charge in [-0.05, 0) is 81.6 Å². The Hall–Kier alpha value is -6.15. The smallest absolute Gasteiger partial charge is 0.408 e. The minimum atomic E-state index is -1.34. The number of rotatable bonds is 23. The molecule has 0 aliphatic carbocycles. The largest absolute Gasteiger partial charge is 0.444 e. The number of fused-ring (bicyclic) bond motifs is 1. The van der Waals surface area contributed by atoms with Gasteiger partial charge >= 0.3 is 6.09 Å². The van der Waals surface area contributed by atoms with E-state index in [1.807, 2.05) is 44.4 Å². The number of nitrogens with zero attached hydrogens (tertiary/aromatic N) is 1. The highest BCUT2D eigenvalue weighted by atomic mass is 32.2. The third kappa shape index (κ3) is 15.8. The fourth-order valence-corrected chi connectivity index (χ4v) is 7.92. The number of para-hydroxylation sites is 1. The molecule has 1 aliphatic rings. The Labute approximate surface area is 383 Å². The lowest BCUT2D eigenvalue weighted by molar-refractivity contribution is -0.141. The Kier molecular flexibility index (Phi) is 19.2. The number of H-pyrrole nitrogens is 1. The predicted octanol–water partition coefficient (Wildman–Crippen LogP) is 1.44. The first kappa shape index (κ1) is 51.5. The predicted molar refractivity (Wildman–Crippen MR) is 246 cm³/mol. The summed E-state index contributed by atoms with van der Waals surface area (Å²) in [5, 5.41) is 14.4. The molecule has 0 spiro atoms. The van der Waals surface area contributed by atoms with Gasteiger partial charge in [-0.25, -0.2) is 10.6 Å². The number of aromatic amines is 1. The average Bonchev–Trinajstić information content (AvgIpc) is 3.83. The second-order valence-corrected chi connectivity index (χ2v) is 18.4. The first-order chi connectivity index (χ1) is 30.8. The summed E-state index contributed by atoms with van der Waals surface area (Å²) in [5.74, 6) is 1.40. The zero-order chi connectivity index (χ0) is 47.8. The molecule has 3 aromatic rings. The van der Waals surface area contributed by atoms with E-state index < -0.39 is 89.3 Å². The summed E-state index contributed by atoms with van der Waals surface area (Å²) in [5.41, 5.74) is 8.71. The van der Waals surface area contributed by atoms with Crippen molar-refractivity contribution in [2.75, 3.05) is 18.6 Å². The van der Waals surface area contributed by atoms with Gasteiger partial charge in [-0.2, -0.15) is 11.8 Å². The number of alkyl carbamates (subject to hydrolysis) is 1. The zero-order valence-electron chi connectivity index (χ0n) is 37.9. The van der Waals surface area contributed by atoms with E-state index in [-0.39, 0.29) is 51.0 Å². The molecule has 0 radical (unpaired) electrons. The zero-order valence-corrected chi connectivity index (χ0v) is 38.7. The number of ether oxygens (including phenoxy) is 1. The van der Waals surface area contributed by atoms with E-state index in [0.29, 0.717) is 23.3 Å². The van der Waals surface area contributed by atoms with Gasteiger partial charge in [0.15, 0.2) is 0 Å². The third-order valence-electron chi connectivity index (χ3n) is 10.7. The van der Waals surface area contributed by atoms with E-state index in [1.165, 1.54) is 16.7 Å². The number of carbonyl (C=O) groups is 8. The Morgan fingerprint density at radius 1 is 0.815 bits per heavy atom. The number of nitrogens with one attached hydrogen (secondary N) is 7. The maximum atomic E-state index is 14.5. The SMILES string of the molecule is CSCC[C@H](NC(=O)[C@@H](CC(C)C)N1CC[C@@H](NC(=O)[C@H](Cc2ccccc2)NC(=O)[C@H](Cc2c[nH]c3ccccc23)NC(=O)[C@H](CCC(N)=O)NC(=O)OC(C)(C)C)C1=O)C(=O)NN. The highest BCUT2D eigenvalue weighted by molar-refractivity contribution is 7.98. The summed E-state index contributed by atoms with van der Waals surface area (Å²) in [6.07, 6.45) is 2.88. The van der Waals surface area contributed by atoms with Crippen LogP contribution in [0.25, 0.3) is 10.9 Å². The van der Waals surface area contributed by atoms with Gasteiger partial charge in [0.1, 0.15) is 41.9 Å². The number of nitrogens with two attached hydrogens (primary N) is 2. The second kappa shape index (κ2) is 24.2. The summed E-state index contributed by atoms with van der Waals surface area (Å²) in [7, 11) is 0. The maximum absolute atomic E-state index is 14.5. The fraction of sp³-hybridized carbons (Fsp3) is 0.511. The lowest BCUT2D eigenvalue weighted by Gasteiger charge is -2.30. The number of benzene rings is 2. The van der Waals surface area contributed by atoms with E-state index in [1.54, 1.807) is 57.3 Å². The summed E-state index contributed by atoms with van der Waals surface area (Å²) in [6.45, 7) is 8.88. The van der Waals surface area contributed by atoms with Crippen molar-refractivity contribution in [3.8, 4) is 0 Å². The first-order valence-electron chi connectivity index (χ1n) is 21.7. The van der Waals surface area contributed by atoms with Gasteiger partial charge in [0, 0.05) is 42.9 Å². The number of hydrogen-bond acceptors (Lipinski definition) is 11. The van der Waals surface area contributed by atoms with Crippen LogP contribution in [0.2, 0.25) is 0 Å². The lowest BCUT2D eigenvalue weighted by Crippen LogP contribution is -2.59. The molecular weight excluding hydrogens is 857 g/mol. The Morgan fingerprint density at radius 2 is 1.43 bits per heavy atom. The number of aromatic nitrogens is 1. The van der Waals surface area contributed by atoms with Crippen LogP contribution in [0.1, 0.15) is 77.8 Å². The molecule has 8 amide bonds. The van der Waals surface area contributed by atoms with Crippen LogP contribution in [0.3, 0.4) is 0 Å². The molecule has 0 unspecified atom stereocenters. The van der Waals surface area contributed by atoms with E-state index >= 15 is 0 Å². The molecule has 4 rings (SSSR count). The number of likely N-dealkylation sites (tertiary alicyclic amines) is 1. The molecule has 1 aromatic heterocycles. The van der Waals surface area contributed by atoms with Gasteiger partial charge < -0.3 is 46.9 Å². The molecule has 354 valence electrons. The van der Waals surface area contributed by atoms with Crippen molar-refractivity contribution >= 4 is 70.1 Å². The van der Waals surface area contributed by atoms with Crippen molar-refractivity contribution in [2.24, 2.45) is 17.5 Å².